The molecule has 2 rings (SSSR count). The summed E-state index contributed by atoms with van der Waals surface area (Å²) in [6, 6.07) is 7.40. The van der Waals surface area contributed by atoms with E-state index in [1.54, 1.807) is 12.1 Å². The third-order valence-corrected chi connectivity index (χ3v) is 3.15. The van der Waals surface area contributed by atoms with Crippen LogP contribution in [0, 0.1) is 11.3 Å². The average Bonchev–Trinajstić information content (AvgIpc) is 2.46. The van der Waals surface area contributed by atoms with Crippen molar-refractivity contribution in [2.45, 2.75) is 13.3 Å². The van der Waals surface area contributed by atoms with Crippen molar-refractivity contribution in [2.24, 2.45) is 0 Å². The first-order chi connectivity index (χ1) is 10.1. The van der Waals surface area contributed by atoms with Crippen molar-refractivity contribution in [3.63, 3.8) is 0 Å². The Bertz CT molecular complexity index is 685. The second kappa shape index (κ2) is 7.20. The molecule has 21 heavy (non-hydrogen) atoms. The van der Waals surface area contributed by atoms with Gasteiger partial charge in [0.05, 0.1) is 11.3 Å². The average molecular weight is 368 g/mol. The van der Waals surface area contributed by atoms with Crippen LogP contribution >= 0.6 is 27.5 Å². The quantitative estimate of drug-likeness (QED) is 0.837. The smallest absolute Gasteiger partial charge is 0.233 e. The monoisotopic (exact) mass is 366 g/mol. The van der Waals surface area contributed by atoms with Gasteiger partial charge >= 0.3 is 0 Å². The molecular weight excluding hydrogens is 356 g/mol. The van der Waals surface area contributed by atoms with E-state index in [4.69, 9.17) is 16.9 Å². The van der Waals surface area contributed by atoms with Gasteiger partial charge in [0.25, 0.3) is 0 Å². The molecule has 1 heterocycles. The van der Waals surface area contributed by atoms with Gasteiger partial charge in [-0.15, -0.1) is 0 Å². The molecule has 2 aromatic rings. The van der Waals surface area contributed by atoms with Gasteiger partial charge in [0.15, 0.2) is 0 Å². The Kier molecular flexibility index (Phi) is 5.31. The van der Waals surface area contributed by atoms with Gasteiger partial charge in [-0.3, -0.25) is 0 Å². The Morgan fingerprint density at radius 1 is 1.29 bits per heavy atom. The second-order valence-corrected chi connectivity index (χ2v) is 5.36. The molecule has 0 aliphatic carbocycles. The summed E-state index contributed by atoms with van der Waals surface area (Å²) in [5.41, 5.74) is 1.08. The summed E-state index contributed by atoms with van der Waals surface area (Å²) >= 11 is 9.20. The highest BCUT2D eigenvalue weighted by Gasteiger charge is 2.08. The van der Waals surface area contributed by atoms with Crippen LogP contribution in [0.2, 0.25) is 5.28 Å². The Morgan fingerprint density at radius 2 is 2.05 bits per heavy atom. The van der Waals surface area contributed by atoms with Crippen molar-refractivity contribution in [1.82, 2.24) is 15.0 Å². The minimum Gasteiger partial charge on any atom is -0.354 e. The van der Waals surface area contributed by atoms with E-state index < -0.39 is 0 Å². The second-order valence-electron chi connectivity index (χ2n) is 4.11. The number of nitriles is 1. The van der Waals surface area contributed by atoms with Crippen molar-refractivity contribution in [3.05, 3.63) is 33.5 Å². The van der Waals surface area contributed by atoms with Gasteiger partial charge in [0.1, 0.15) is 6.07 Å². The number of rotatable bonds is 5. The number of hydrogen-bond donors (Lipinski definition) is 2. The number of nitrogens with zero attached hydrogens (tertiary/aromatic N) is 4. The maximum absolute atomic E-state index is 9.14. The number of benzene rings is 1. The highest BCUT2D eigenvalue weighted by molar-refractivity contribution is 9.10. The molecule has 0 fully saturated rings. The Balaban J connectivity index is 2.27. The van der Waals surface area contributed by atoms with Gasteiger partial charge in [-0.2, -0.15) is 20.2 Å². The molecule has 0 bridgehead atoms. The lowest BCUT2D eigenvalue weighted by Crippen LogP contribution is -2.08. The molecule has 0 radical (unpaired) electrons. The molecule has 1 aromatic heterocycles. The van der Waals surface area contributed by atoms with Crippen LogP contribution in [-0.4, -0.2) is 21.5 Å². The van der Waals surface area contributed by atoms with Crippen LogP contribution < -0.4 is 10.6 Å². The van der Waals surface area contributed by atoms with Crippen LogP contribution in [0.15, 0.2) is 22.7 Å². The zero-order valence-corrected chi connectivity index (χ0v) is 13.5. The van der Waals surface area contributed by atoms with E-state index in [-0.39, 0.29) is 11.2 Å². The van der Waals surface area contributed by atoms with E-state index in [2.05, 4.69) is 47.6 Å². The van der Waals surface area contributed by atoms with Crippen LogP contribution in [0.3, 0.4) is 0 Å². The van der Waals surface area contributed by atoms with E-state index in [0.717, 1.165) is 17.4 Å². The van der Waals surface area contributed by atoms with E-state index in [1.165, 1.54) is 0 Å². The van der Waals surface area contributed by atoms with Gasteiger partial charge in [-0.05, 0) is 36.2 Å². The van der Waals surface area contributed by atoms with Gasteiger partial charge in [-0.1, -0.05) is 22.9 Å². The molecule has 0 saturated carbocycles. The fourth-order valence-corrected chi connectivity index (χ4v) is 2.08. The molecule has 0 saturated heterocycles. The van der Waals surface area contributed by atoms with Crippen molar-refractivity contribution in [1.29, 1.82) is 5.26 Å². The van der Waals surface area contributed by atoms with Crippen molar-refractivity contribution in [3.8, 4) is 6.07 Å². The summed E-state index contributed by atoms with van der Waals surface area (Å²) in [6.45, 7) is 2.78. The van der Waals surface area contributed by atoms with Crippen LogP contribution in [0.1, 0.15) is 18.9 Å². The van der Waals surface area contributed by atoms with Gasteiger partial charge in [0, 0.05) is 11.0 Å². The lowest BCUT2D eigenvalue weighted by molar-refractivity contribution is 0.940. The highest BCUT2D eigenvalue weighted by Crippen LogP contribution is 2.23. The summed E-state index contributed by atoms with van der Waals surface area (Å²) in [4.78, 5) is 12.2. The molecule has 6 nitrogen and oxygen atoms in total. The lowest BCUT2D eigenvalue weighted by Gasteiger charge is -2.09. The van der Waals surface area contributed by atoms with Gasteiger partial charge < -0.3 is 10.6 Å². The third-order valence-electron chi connectivity index (χ3n) is 2.49. The summed E-state index contributed by atoms with van der Waals surface area (Å²) in [5, 5.41) is 15.2. The van der Waals surface area contributed by atoms with Crippen molar-refractivity contribution >= 4 is 45.1 Å². The number of hydrogen-bond acceptors (Lipinski definition) is 6. The van der Waals surface area contributed by atoms with Crippen LogP contribution in [0.5, 0.6) is 0 Å². The number of halogens is 2. The molecule has 0 atom stereocenters. The molecule has 2 N–H and O–H groups in total. The predicted molar refractivity (Wildman–Crippen MR) is 85.8 cm³/mol. The zero-order valence-electron chi connectivity index (χ0n) is 11.2. The summed E-state index contributed by atoms with van der Waals surface area (Å²) in [6.07, 6.45) is 0.942. The van der Waals surface area contributed by atoms with Crippen molar-refractivity contribution < 1.29 is 0 Å². The number of anilines is 3. The standard InChI is InChI=1S/C13H12BrClN6/c1-2-5-17-12-19-11(15)20-13(21-12)18-10-4-3-9(14)6-8(10)7-16/h3-4,6H,2,5H2,1H3,(H2,17,18,19,20,21). The van der Waals surface area contributed by atoms with Gasteiger partial charge in [-0.25, -0.2) is 0 Å². The molecular formula is C13H12BrClN6. The highest BCUT2D eigenvalue weighted by atomic mass is 79.9. The molecule has 108 valence electrons. The van der Waals surface area contributed by atoms with E-state index in [1.807, 2.05) is 13.0 Å². The van der Waals surface area contributed by atoms with E-state index >= 15 is 0 Å². The molecule has 1 aromatic carbocycles. The Labute approximate surface area is 135 Å². The van der Waals surface area contributed by atoms with E-state index in [9.17, 15) is 0 Å². The van der Waals surface area contributed by atoms with Crippen LogP contribution in [-0.2, 0) is 0 Å². The molecule has 0 aliphatic rings. The predicted octanol–water partition coefficient (Wildman–Crippen LogP) is 3.72. The first-order valence-corrected chi connectivity index (χ1v) is 7.41. The van der Waals surface area contributed by atoms with Crippen LogP contribution in [0.4, 0.5) is 17.6 Å². The topological polar surface area (TPSA) is 86.5 Å². The fraction of sp³-hybridized carbons (Fsp3) is 0.231. The first kappa shape index (κ1) is 15.5. The summed E-state index contributed by atoms with van der Waals surface area (Å²) in [5.74, 6) is 0.683. The minimum absolute atomic E-state index is 0.0849. The third kappa shape index (κ3) is 4.28. The first-order valence-electron chi connectivity index (χ1n) is 6.24. The maximum atomic E-state index is 9.14. The summed E-state index contributed by atoms with van der Waals surface area (Å²) < 4.78 is 0.823. The van der Waals surface area contributed by atoms with Crippen molar-refractivity contribution in [2.75, 3.05) is 17.2 Å². The number of nitrogens with one attached hydrogen (secondary N) is 2. The maximum Gasteiger partial charge on any atom is 0.233 e. The normalized spacial score (nSPS) is 10.0. The van der Waals surface area contributed by atoms with Crippen LogP contribution in [0.25, 0.3) is 0 Å². The largest absolute Gasteiger partial charge is 0.354 e. The van der Waals surface area contributed by atoms with E-state index in [0.29, 0.717) is 17.2 Å². The summed E-state index contributed by atoms with van der Waals surface area (Å²) in [7, 11) is 0. The SMILES string of the molecule is CCCNc1nc(Cl)nc(Nc2ccc(Br)cc2C#N)n1. The number of aromatic nitrogens is 3. The minimum atomic E-state index is 0.0849. The Morgan fingerprint density at radius 3 is 2.76 bits per heavy atom. The molecule has 0 aliphatic heterocycles. The molecule has 8 heteroatoms. The molecule has 0 unspecified atom stereocenters. The Hall–Kier alpha value is -1.91. The molecule has 0 amide bonds. The molecule has 0 spiro atoms. The lowest BCUT2D eigenvalue weighted by atomic mass is 10.2. The fourth-order valence-electron chi connectivity index (χ4n) is 1.56. The zero-order chi connectivity index (χ0) is 15.2. The van der Waals surface area contributed by atoms with Gasteiger partial charge in [0.2, 0.25) is 17.2 Å².